The molecule has 3 aromatic rings. The summed E-state index contributed by atoms with van der Waals surface area (Å²) in [6, 6.07) is 31.0. The van der Waals surface area contributed by atoms with Crippen LogP contribution in [0.25, 0.3) is 0 Å². The normalized spacial score (nSPS) is 26.7. The van der Waals surface area contributed by atoms with Gasteiger partial charge in [-0.15, -0.1) is 0 Å². The maximum absolute atomic E-state index is 10.6. The summed E-state index contributed by atoms with van der Waals surface area (Å²) in [4.78, 5) is 0. The van der Waals surface area contributed by atoms with Gasteiger partial charge in [0.1, 0.15) is 11.7 Å². The maximum atomic E-state index is 10.6. The van der Waals surface area contributed by atoms with Crippen molar-refractivity contribution in [3.05, 3.63) is 108 Å². The lowest BCUT2D eigenvalue weighted by Crippen LogP contribution is -2.37. The highest BCUT2D eigenvalue weighted by Gasteiger charge is 2.54. The molecule has 0 unspecified atom stereocenters. The molecule has 0 aromatic heterocycles. The van der Waals surface area contributed by atoms with E-state index in [1.807, 2.05) is 68.4 Å². The number of rotatable bonds is 6. The van der Waals surface area contributed by atoms with Gasteiger partial charge in [-0.25, -0.2) is 0 Å². The van der Waals surface area contributed by atoms with Crippen LogP contribution in [0, 0.1) is 5.92 Å². The summed E-state index contributed by atoms with van der Waals surface area (Å²) >= 11 is 0. The lowest BCUT2D eigenvalue weighted by molar-refractivity contribution is -0.170. The molecule has 166 valence electrons. The van der Waals surface area contributed by atoms with Crippen molar-refractivity contribution >= 4 is 0 Å². The van der Waals surface area contributed by atoms with Crippen LogP contribution >= 0.6 is 0 Å². The van der Waals surface area contributed by atoms with Crippen LogP contribution in [0.4, 0.5) is 0 Å². The van der Waals surface area contributed by atoms with Gasteiger partial charge in [-0.05, 0) is 37.0 Å². The Morgan fingerprint density at radius 3 is 1.69 bits per heavy atom. The Balaban J connectivity index is 1.55. The van der Waals surface area contributed by atoms with E-state index in [1.165, 1.54) is 0 Å². The molecule has 0 amide bonds. The minimum atomic E-state index is -0.776. The molecule has 1 saturated carbocycles. The molecule has 0 bridgehead atoms. The molecule has 2 aliphatic rings. The summed E-state index contributed by atoms with van der Waals surface area (Å²) in [6.07, 6.45) is -0.437. The first-order valence-corrected chi connectivity index (χ1v) is 11.3. The highest BCUT2D eigenvalue weighted by Crippen LogP contribution is 2.45. The van der Waals surface area contributed by atoms with Crippen LogP contribution in [0.2, 0.25) is 0 Å². The summed E-state index contributed by atoms with van der Waals surface area (Å²) in [7, 11) is 0. The minimum absolute atomic E-state index is 0.0345. The third-order valence-electron chi connectivity index (χ3n) is 6.61. The number of aliphatic hydroxyl groups excluding tert-OH is 1. The van der Waals surface area contributed by atoms with Gasteiger partial charge < -0.3 is 19.3 Å². The SMILES string of the molecule is CC1(C)O[C@@H]2[C@@H](COC(c3ccccc3)(c3ccccc3)c3ccccc3)C[C@@H](O)[C@@H]2O1. The molecule has 0 radical (unpaired) electrons. The molecule has 0 spiro atoms. The molecule has 2 fully saturated rings. The van der Waals surface area contributed by atoms with Crippen LogP contribution in [0.3, 0.4) is 0 Å². The van der Waals surface area contributed by atoms with Crippen LogP contribution in [0.15, 0.2) is 91.0 Å². The van der Waals surface area contributed by atoms with E-state index < -0.39 is 17.5 Å². The van der Waals surface area contributed by atoms with Crippen molar-refractivity contribution in [1.82, 2.24) is 0 Å². The van der Waals surface area contributed by atoms with E-state index in [-0.39, 0.29) is 18.1 Å². The number of aliphatic hydroxyl groups is 1. The molecule has 1 N–H and O–H groups in total. The zero-order chi connectivity index (χ0) is 22.2. The zero-order valence-electron chi connectivity index (χ0n) is 18.6. The quantitative estimate of drug-likeness (QED) is 0.566. The smallest absolute Gasteiger partial charge is 0.163 e. The number of hydrogen-bond acceptors (Lipinski definition) is 4. The van der Waals surface area contributed by atoms with Crippen LogP contribution in [0.1, 0.15) is 37.0 Å². The van der Waals surface area contributed by atoms with Crippen molar-refractivity contribution in [2.75, 3.05) is 6.61 Å². The van der Waals surface area contributed by atoms with Gasteiger partial charge in [-0.3, -0.25) is 0 Å². The van der Waals surface area contributed by atoms with Crippen molar-refractivity contribution in [2.45, 2.75) is 50.0 Å². The van der Waals surface area contributed by atoms with Crippen molar-refractivity contribution in [1.29, 1.82) is 0 Å². The number of hydrogen-bond donors (Lipinski definition) is 1. The van der Waals surface area contributed by atoms with E-state index in [1.54, 1.807) is 0 Å². The van der Waals surface area contributed by atoms with E-state index in [4.69, 9.17) is 14.2 Å². The standard InChI is InChI=1S/C28H30O4/c1-27(2)31-25-20(18-24(29)26(25)32-27)19-30-28(21-12-6-3-7-13-21,22-14-8-4-9-15-22)23-16-10-5-11-17-23/h3-17,20,24-26,29H,18-19H2,1-2H3/t20-,24-,25-,26+/m1/s1. The Hall–Kier alpha value is -2.50. The van der Waals surface area contributed by atoms with E-state index in [2.05, 4.69) is 36.4 Å². The Morgan fingerprint density at radius 2 is 1.22 bits per heavy atom. The van der Waals surface area contributed by atoms with Gasteiger partial charge in [0.2, 0.25) is 0 Å². The van der Waals surface area contributed by atoms with Gasteiger partial charge in [0, 0.05) is 5.92 Å². The van der Waals surface area contributed by atoms with Crippen LogP contribution < -0.4 is 0 Å². The highest BCUT2D eigenvalue weighted by molar-refractivity contribution is 5.47. The minimum Gasteiger partial charge on any atom is -0.390 e. The summed E-state index contributed by atoms with van der Waals surface area (Å²) in [5.74, 6) is -0.656. The summed E-state index contributed by atoms with van der Waals surface area (Å²) in [5, 5.41) is 10.6. The number of ether oxygens (including phenoxy) is 3. The van der Waals surface area contributed by atoms with E-state index in [0.717, 1.165) is 16.7 Å². The predicted molar refractivity (Wildman–Crippen MR) is 123 cm³/mol. The first kappa shape index (κ1) is 21.4. The molecule has 32 heavy (non-hydrogen) atoms. The third-order valence-corrected chi connectivity index (χ3v) is 6.61. The largest absolute Gasteiger partial charge is 0.390 e. The Kier molecular flexibility index (Phi) is 5.64. The second-order valence-corrected chi connectivity index (χ2v) is 9.22. The average Bonchev–Trinajstić information content (AvgIpc) is 3.29. The predicted octanol–water partition coefficient (Wildman–Crippen LogP) is 4.90. The Bertz CT molecular complexity index is 922. The second-order valence-electron chi connectivity index (χ2n) is 9.22. The van der Waals surface area contributed by atoms with Crippen molar-refractivity contribution < 1.29 is 19.3 Å². The third kappa shape index (κ3) is 3.78. The first-order chi connectivity index (χ1) is 15.5. The molecule has 1 aliphatic heterocycles. The van der Waals surface area contributed by atoms with Gasteiger partial charge in [0.15, 0.2) is 5.79 Å². The molecular formula is C28H30O4. The maximum Gasteiger partial charge on any atom is 0.163 e. The fourth-order valence-electron chi connectivity index (χ4n) is 5.22. The Morgan fingerprint density at radius 1 is 0.781 bits per heavy atom. The van der Waals surface area contributed by atoms with Gasteiger partial charge in [0.05, 0.1) is 18.8 Å². The number of fused-ring (bicyclic) bond motifs is 1. The van der Waals surface area contributed by atoms with E-state index in [9.17, 15) is 5.11 Å². The van der Waals surface area contributed by atoms with Gasteiger partial charge in [-0.2, -0.15) is 0 Å². The highest BCUT2D eigenvalue weighted by atomic mass is 16.8. The van der Waals surface area contributed by atoms with Gasteiger partial charge in [-0.1, -0.05) is 91.0 Å². The molecule has 1 aliphatic carbocycles. The molecule has 4 atom stereocenters. The molecule has 3 aromatic carbocycles. The molecule has 1 saturated heterocycles. The van der Waals surface area contributed by atoms with Crippen LogP contribution in [-0.4, -0.2) is 35.8 Å². The topological polar surface area (TPSA) is 47.9 Å². The summed E-state index contributed by atoms with van der Waals surface area (Å²) in [5.41, 5.74) is 2.42. The monoisotopic (exact) mass is 430 g/mol. The fourth-order valence-corrected chi connectivity index (χ4v) is 5.22. The van der Waals surface area contributed by atoms with Crippen molar-refractivity contribution in [2.24, 2.45) is 5.92 Å². The van der Waals surface area contributed by atoms with Gasteiger partial charge >= 0.3 is 0 Å². The van der Waals surface area contributed by atoms with Crippen molar-refractivity contribution in [3.8, 4) is 0 Å². The zero-order valence-corrected chi connectivity index (χ0v) is 18.6. The lowest BCUT2D eigenvalue weighted by atomic mass is 9.80. The van der Waals surface area contributed by atoms with E-state index >= 15 is 0 Å². The summed E-state index contributed by atoms with van der Waals surface area (Å²) in [6.45, 7) is 4.24. The summed E-state index contributed by atoms with van der Waals surface area (Å²) < 4.78 is 19.1. The van der Waals surface area contributed by atoms with Gasteiger partial charge in [0.25, 0.3) is 0 Å². The van der Waals surface area contributed by atoms with Crippen LogP contribution in [0.5, 0.6) is 0 Å². The molecular weight excluding hydrogens is 400 g/mol. The lowest BCUT2D eigenvalue weighted by Gasteiger charge is -2.37. The van der Waals surface area contributed by atoms with Crippen LogP contribution in [-0.2, 0) is 19.8 Å². The molecule has 4 nitrogen and oxygen atoms in total. The fraction of sp³-hybridized carbons (Fsp3) is 0.357. The number of benzene rings is 3. The second kappa shape index (κ2) is 8.45. The molecule has 5 rings (SSSR count). The van der Waals surface area contributed by atoms with Crippen molar-refractivity contribution in [3.63, 3.8) is 0 Å². The molecule has 4 heteroatoms. The first-order valence-electron chi connectivity index (χ1n) is 11.3. The molecule has 1 heterocycles. The Labute approximate surface area is 189 Å². The van der Waals surface area contributed by atoms with E-state index in [0.29, 0.717) is 13.0 Å². The average molecular weight is 431 g/mol.